The molecule has 1 fully saturated rings. The van der Waals surface area contributed by atoms with Crippen molar-refractivity contribution in [2.45, 2.75) is 28.4 Å². The van der Waals surface area contributed by atoms with Crippen LogP contribution in [0.2, 0.25) is 0 Å². The van der Waals surface area contributed by atoms with E-state index in [1.54, 1.807) is 17.8 Å². The van der Waals surface area contributed by atoms with Gasteiger partial charge in [-0.1, -0.05) is 42.5 Å². The molecule has 1 heterocycles. The average Bonchev–Trinajstić information content (AvgIpc) is 3.40. The van der Waals surface area contributed by atoms with Crippen molar-refractivity contribution >= 4 is 33.4 Å². The Hall–Kier alpha value is -2.81. The number of methoxy groups -OCH3 is 1. The lowest BCUT2D eigenvalue weighted by Gasteiger charge is -2.18. The minimum absolute atomic E-state index is 0.0197. The number of carbonyl (C=O) groups excluding carboxylic acids is 1. The van der Waals surface area contributed by atoms with Gasteiger partial charge in [-0.15, -0.1) is 11.8 Å². The molecule has 0 aliphatic carbocycles. The first-order chi connectivity index (χ1) is 16.0. The number of benzene rings is 3. The van der Waals surface area contributed by atoms with E-state index in [0.29, 0.717) is 18.8 Å². The van der Waals surface area contributed by atoms with Crippen molar-refractivity contribution < 1.29 is 17.9 Å². The topological polar surface area (TPSA) is 75.7 Å². The number of ether oxygens (including phenoxy) is 1. The van der Waals surface area contributed by atoms with Gasteiger partial charge in [-0.05, 0) is 48.7 Å². The van der Waals surface area contributed by atoms with E-state index in [1.807, 2.05) is 42.5 Å². The van der Waals surface area contributed by atoms with Gasteiger partial charge in [0.2, 0.25) is 10.0 Å². The largest absolute Gasteiger partial charge is 0.495 e. The summed E-state index contributed by atoms with van der Waals surface area (Å²) in [5.41, 5.74) is 2.13. The molecule has 3 aromatic carbocycles. The monoisotopic (exact) mass is 482 g/mol. The molecule has 1 aliphatic heterocycles. The van der Waals surface area contributed by atoms with Crippen LogP contribution in [0.4, 0.5) is 5.69 Å². The molecule has 1 saturated heterocycles. The second-order valence-electron chi connectivity index (χ2n) is 7.70. The summed E-state index contributed by atoms with van der Waals surface area (Å²) in [6, 6.07) is 22.2. The van der Waals surface area contributed by atoms with Crippen LogP contribution in [0.5, 0.6) is 5.75 Å². The number of amides is 1. The molecule has 1 amide bonds. The van der Waals surface area contributed by atoms with E-state index in [9.17, 15) is 13.2 Å². The fraction of sp³-hybridized carbons (Fsp3) is 0.240. The minimum atomic E-state index is -3.73. The maximum atomic E-state index is 13.1. The molecule has 0 atom stereocenters. The van der Waals surface area contributed by atoms with Gasteiger partial charge in [0.25, 0.3) is 5.91 Å². The fourth-order valence-electron chi connectivity index (χ4n) is 3.71. The Balaban J connectivity index is 1.56. The van der Waals surface area contributed by atoms with Crippen LogP contribution in [0.1, 0.15) is 28.8 Å². The van der Waals surface area contributed by atoms with Crippen molar-refractivity contribution in [2.75, 3.05) is 25.5 Å². The number of nitrogens with zero attached hydrogens (tertiary/aromatic N) is 1. The first-order valence-electron chi connectivity index (χ1n) is 10.7. The van der Waals surface area contributed by atoms with Crippen LogP contribution in [0.25, 0.3) is 0 Å². The van der Waals surface area contributed by atoms with Gasteiger partial charge in [0.15, 0.2) is 0 Å². The van der Waals surface area contributed by atoms with E-state index in [1.165, 1.54) is 29.1 Å². The van der Waals surface area contributed by atoms with Gasteiger partial charge in [0.1, 0.15) is 10.6 Å². The van der Waals surface area contributed by atoms with Gasteiger partial charge < -0.3 is 10.1 Å². The number of nitrogens with one attached hydrogen (secondary N) is 1. The highest BCUT2D eigenvalue weighted by atomic mass is 32.2. The Bertz CT molecular complexity index is 1220. The van der Waals surface area contributed by atoms with Crippen molar-refractivity contribution in [2.24, 2.45) is 0 Å². The van der Waals surface area contributed by atoms with Crippen LogP contribution in [0.15, 0.2) is 82.6 Å². The predicted molar refractivity (Wildman–Crippen MR) is 131 cm³/mol. The maximum absolute atomic E-state index is 13.1. The van der Waals surface area contributed by atoms with Gasteiger partial charge in [0, 0.05) is 29.3 Å². The third-order valence-electron chi connectivity index (χ3n) is 5.48. The smallest absolute Gasteiger partial charge is 0.255 e. The average molecular weight is 483 g/mol. The lowest BCUT2D eigenvalue weighted by Crippen LogP contribution is -2.28. The highest BCUT2D eigenvalue weighted by Gasteiger charge is 2.30. The van der Waals surface area contributed by atoms with Crippen molar-refractivity contribution in [3.05, 3.63) is 83.9 Å². The van der Waals surface area contributed by atoms with Crippen LogP contribution < -0.4 is 10.1 Å². The van der Waals surface area contributed by atoms with Gasteiger partial charge in [-0.2, -0.15) is 4.31 Å². The first kappa shape index (κ1) is 23.4. The van der Waals surface area contributed by atoms with E-state index in [-0.39, 0.29) is 22.1 Å². The molecule has 4 rings (SSSR count). The summed E-state index contributed by atoms with van der Waals surface area (Å²) in [5.74, 6) is 0.634. The van der Waals surface area contributed by atoms with E-state index in [0.717, 1.165) is 23.5 Å². The zero-order chi connectivity index (χ0) is 23.3. The minimum Gasteiger partial charge on any atom is -0.495 e. The summed E-state index contributed by atoms with van der Waals surface area (Å²) in [6.45, 7) is 0.960. The van der Waals surface area contributed by atoms with Gasteiger partial charge in [-0.3, -0.25) is 4.79 Å². The van der Waals surface area contributed by atoms with Crippen LogP contribution in [0, 0.1) is 0 Å². The van der Waals surface area contributed by atoms with Crippen molar-refractivity contribution in [3.63, 3.8) is 0 Å². The molecular weight excluding hydrogens is 456 g/mol. The van der Waals surface area contributed by atoms with Crippen molar-refractivity contribution in [1.29, 1.82) is 0 Å². The van der Waals surface area contributed by atoms with E-state index in [4.69, 9.17) is 4.74 Å². The van der Waals surface area contributed by atoms with E-state index >= 15 is 0 Å². The van der Waals surface area contributed by atoms with E-state index < -0.39 is 10.0 Å². The zero-order valence-electron chi connectivity index (χ0n) is 18.4. The fourth-order valence-corrected chi connectivity index (χ4v) is 6.38. The molecule has 0 unspecified atom stereocenters. The third kappa shape index (κ3) is 5.40. The summed E-state index contributed by atoms with van der Waals surface area (Å²) in [7, 11) is -2.30. The van der Waals surface area contributed by atoms with Crippen LogP contribution in [0.3, 0.4) is 0 Å². The lowest BCUT2D eigenvalue weighted by atomic mass is 10.2. The van der Waals surface area contributed by atoms with Gasteiger partial charge in [-0.25, -0.2) is 8.42 Å². The molecule has 0 bridgehead atoms. The number of hydrogen-bond acceptors (Lipinski definition) is 5. The Morgan fingerprint density at radius 2 is 1.70 bits per heavy atom. The highest BCUT2D eigenvalue weighted by molar-refractivity contribution is 7.98. The first-order valence-corrected chi connectivity index (χ1v) is 13.2. The Labute approximate surface area is 199 Å². The van der Waals surface area contributed by atoms with Crippen LogP contribution in [-0.2, 0) is 15.8 Å². The molecule has 0 radical (unpaired) electrons. The SMILES string of the molecule is COc1ccc(C(=O)Nc2ccccc2SCc2ccccc2)cc1S(=O)(=O)N1CCCC1. The van der Waals surface area contributed by atoms with Crippen molar-refractivity contribution in [3.8, 4) is 5.75 Å². The normalized spacial score (nSPS) is 14.2. The molecule has 3 aromatic rings. The summed E-state index contributed by atoms with van der Waals surface area (Å²) >= 11 is 1.63. The molecule has 172 valence electrons. The lowest BCUT2D eigenvalue weighted by molar-refractivity contribution is 0.102. The van der Waals surface area contributed by atoms with Crippen LogP contribution in [-0.4, -0.2) is 38.8 Å². The molecule has 6 nitrogen and oxygen atoms in total. The molecule has 8 heteroatoms. The molecular formula is C25H26N2O4S2. The summed E-state index contributed by atoms with van der Waals surface area (Å²) < 4.78 is 33.0. The maximum Gasteiger partial charge on any atom is 0.255 e. The molecule has 0 spiro atoms. The molecule has 1 aliphatic rings. The quantitative estimate of drug-likeness (QED) is 0.456. The molecule has 1 N–H and O–H groups in total. The van der Waals surface area contributed by atoms with Gasteiger partial charge >= 0.3 is 0 Å². The number of thioether (sulfide) groups is 1. The number of para-hydroxylation sites is 1. The number of sulfonamides is 1. The molecule has 0 saturated carbocycles. The zero-order valence-corrected chi connectivity index (χ0v) is 20.0. The Morgan fingerprint density at radius 1 is 1.00 bits per heavy atom. The van der Waals surface area contributed by atoms with Crippen molar-refractivity contribution in [1.82, 2.24) is 4.31 Å². The molecule has 0 aromatic heterocycles. The summed E-state index contributed by atoms with van der Waals surface area (Å²) in [4.78, 5) is 14.0. The highest BCUT2D eigenvalue weighted by Crippen LogP contribution is 2.32. The Kier molecular flexibility index (Phi) is 7.37. The van der Waals surface area contributed by atoms with Gasteiger partial charge in [0.05, 0.1) is 12.8 Å². The number of anilines is 1. The number of hydrogen-bond donors (Lipinski definition) is 1. The summed E-state index contributed by atoms with van der Waals surface area (Å²) in [6.07, 6.45) is 1.66. The second-order valence-corrected chi connectivity index (χ2v) is 10.6. The van der Waals surface area contributed by atoms with Crippen LogP contribution >= 0.6 is 11.8 Å². The summed E-state index contributed by atoms with van der Waals surface area (Å²) in [5, 5.41) is 2.94. The predicted octanol–water partition coefficient (Wildman–Crippen LogP) is 5.02. The number of rotatable bonds is 8. The second kappa shape index (κ2) is 10.4. The van der Waals surface area contributed by atoms with E-state index in [2.05, 4.69) is 17.4 Å². The standard InChI is InChI=1S/C25H26N2O4S2/c1-31-22-14-13-20(17-24(22)33(29,30)27-15-7-8-16-27)25(28)26-21-11-5-6-12-23(21)32-18-19-9-3-2-4-10-19/h2-6,9-14,17H,7-8,15-16,18H2,1H3,(H,26,28). The molecule has 33 heavy (non-hydrogen) atoms. The number of carbonyl (C=O) groups is 1. The Morgan fingerprint density at radius 3 is 2.42 bits per heavy atom. The third-order valence-corrected chi connectivity index (χ3v) is 8.55.